The Morgan fingerprint density at radius 2 is 1.66 bits per heavy atom. The molecule has 1 N–H and O–H groups in total. The van der Waals surface area contributed by atoms with Crippen molar-refractivity contribution in [3.63, 3.8) is 0 Å². The maximum absolute atomic E-state index is 13.3. The Morgan fingerprint density at radius 3 is 2.37 bits per heavy atom. The SMILES string of the molecule is O=C(COC(=O)c1ccc(N2C(=O)[C@H]3C[C@H](c4ccccc4)CC[C@H]3C2=O)cc1)Nc1ccc(Br)cc1Cl. The van der Waals surface area contributed by atoms with Crippen LogP contribution in [0.4, 0.5) is 11.4 Å². The van der Waals surface area contributed by atoms with E-state index in [0.717, 1.165) is 10.9 Å². The first-order valence-electron chi connectivity index (χ1n) is 12.3. The van der Waals surface area contributed by atoms with Crippen LogP contribution in [0.5, 0.6) is 0 Å². The zero-order valence-corrected chi connectivity index (χ0v) is 22.6. The van der Waals surface area contributed by atoms with E-state index < -0.39 is 18.5 Å². The molecule has 3 amide bonds. The molecule has 1 heterocycles. The van der Waals surface area contributed by atoms with Gasteiger partial charge in [-0.3, -0.25) is 19.3 Å². The van der Waals surface area contributed by atoms with Crippen molar-refractivity contribution in [1.82, 2.24) is 0 Å². The van der Waals surface area contributed by atoms with Gasteiger partial charge in [-0.1, -0.05) is 57.9 Å². The van der Waals surface area contributed by atoms with Gasteiger partial charge in [0.25, 0.3) is 5.91 Å². The summed E-state index contributed by atoms with van der Waals surface area (Å²) >= 11 is 9.38. The molecule has 2 fully saturated rings. The normalized spacial score (nSPS) is 20.7. The quantitative estimate of drug-likeness (QED) is 0.280. The second-order valence-corrected chi connectivity index (χ2v) is 10.8. The zero-order chi connectivity index (χ0) is 26.8. The topological polar surface area (TPSA) is 92.8 Å². The molecule has 2 aliphatic rings. The van der Waals surface area contributed by atoms with E-state index >= 15 is 0 Å². The predicted molar refractivity (Wildman–Crippen MR) is 147 cm³/mol. The van der Waals surface area contributed by atoms with Gasteiger partial charge in [-0.25, -0.2) is 4.79 Å². The highest BCUT2D eigenvalue weighted by molar-refractivity contribution is 9.10. The third-order valence-corrected chi connectivity index (χ3v) is 7.90. The summed E-state index contributed by atoms with van der Waals surface area (Å²) in [5.41, 5.74) is 2.21. The molecule has 5 rings (SSSR count). The second kappa shape index (κ2) is 11.1. The van der Waals surface area contributed by atoms with E-state index in [1.807, 2.05) is 18.2 Å². The number of halogens is 2. The number of nitrogens with one attached hydrogen (secondary N) is 1. The molecule has 1 saturated carbocycles. The summed E-state index contributed by atoms with van der Waals surface area (Å²) < 4.78 is 5.88. The van der Waals surface area contributed by atoms with Crippen LogP contribution in [-0.2, 0) is 19.1 Å². The van der Waals surface area contributed by atoms with Crippen molar-refractivity contribution in [3.05, 3.63) is 93.4 Å². The molecule has 0 unspecified atom stereocenters. The van der Waals surface area contributed by atoms with Gasteiger partial charge >= 0.3 is 5.97 Å². The summed E-state index contributed by atoms with van der Waals surface area (Å²) in [6.07, 6.45) is 2.18. The lowest BCUT2D eigenvalue weighted by molar-refractivity contribution is -0.122. The van der Waals surface area contributed by atoms with Crippen molar-refractivity contribution in [2.45, 2.75) is 25.2 Å². The number of ether oxygens (including phenoxy) is 1. The van der Waals surface area contributed by atoms with Crippen LogP contribution < -0.4 is 10.2 Å². The highest BCUT2D eigenvalue weighted by atomic mass is 79.9. The average Bonchev–Trinajstić information content (AvgIpc) is 3.18. The molecular weight excluding hydrogens is 572 g/mol. The smallest absolute Gasteiger partial charge is 0.338 e. The van der Waals surface area contributed by atoms with E-state index in [0.29, 0.717) is 29.2 Å². The molecule has 3 aromatic carbocycles. The third kappa shape index (κ3) is 5.37. The number of anilines is 2. The molecule has 7 nitrogen and oxygen atoms in total. The zero-order valence-electron chi connectivity index (χ0n) is 20.2. The van der Waals surface area contributed by atoms with E-state index in [2.05, 4.69) is 33.4 Å². The Hall–Kier alpha value is -3.49. The van der Waals surface area contributed by atoms with E-state index in [1.165, 1.54) is 22.6 Å². The number of hydrogen-bond acceptors (Lipinski definition) is 5. The number of fused-ring (bicyclic) bond motifs is 1. The van der Waals surface area contributed by atoms with Crippen molar-refractivity contribution < 1.29 is 23.9 Å². The summed E-state index contributed by atoms with van der Waals surface area (Å²) in [5, 5.41) is 2.93. The molecule has 38 heavy (non-hydrogen) atoms. The number of amides is 3. The monoisotopic (exact) mass is 594 g/mol. The summed E-state index contributed by atoms with van der Waals surface area (Å²) in [6, 6.07) is 21.2. The summed E-state index contributed by atoms with van der Waals surface area (Å²) in [7, 11) is 0. The number of rotatable bonds is 6. The Kier molecular flexibility index (Phi) is 7.63. The highest BCUT2D eigenvalue weighted by Crippen LogP contribution is 2.45. The van der Waals surface area contributed by atoms with Gasteiger partial charge in [-0.05, 0) is 73.2 Å². The number of benzene rings is 3. The first kappa shape index (κ1) is 26.1. The molecular formula is C29H24BrClN2O5. The maximum Gasteiger partial charge on any atom is 0.338 e. The summed E-state index contributed by atoms with van der Waals surface area (Å²) in [5.74, 6) is -2.03. The van der Waals surface area contributed by atoms with E-state index in [-0.39, 0.29) is 35.1 Å². The number of nitrogens with zero attached hydrogens (tertiary/aromatic N) is 1. The fourth-order valence-corrected chi connectivity index (χ4v) is 5.92. The fraction of sp³-hybridized carbons (Fsp3) is 0.241. The van der Waals surface area contributed by atoms with Crippen LogP contribution in [-0.4, -0.2) is 30.3 Å². The second-order valence-electron chi connectivity index (χ2n) is 9.44. The number of esters is 1. The van der Waals surface area contributed by atoms with E-state index in [9.17, 15) is 19.2 Å². The van der Waals surface area contributed by atoms with Crippen molar-refractivity contribution in [1.29, 1.82) is 0 Å². The van der Waals surface area contributed by atoms with Gasteiger partial charge in [0.2, 0.25) is 11.8 Å². The molecule has 0 spiro atoms. The van der Waals surface area contributed by atoms with Crippen LogP contribution in [0.1, 0.15) is 41.1 Å². The van der Waals surface area contributed by atoms with Gasteiger partial charge < -0.3 is 10.1 Å². The number of imide groups is 1. The number of carbonyl (C=O) groups is 4. The Bertz CT molecular complexity index is 1400. The van der Waals surface area contributed by atoms with Crippen molar-refractivity contribution >= 4 is 62.6 Å². The minimum atomic E-state index is -0.702. The molecule has 0 radical (unpaired) electrons. The average molecular weight is 596 g/mol. The van der Waals surface area contributed by atoms with Gasteiger partial charge in [-0.15, -0.1) is 0 Å². The number of carbonyl (C=O) groups excluding carboxylic acids is 4. The fourth-order valence-electron chi connectivity index (χ4n) is 5.20. The van der Waals surface area contributed by atoms with Crippen molar-refractivity contribution in [2.75, 3.05) is 16.8 Å². The first-order valence-corrected chi connectivity index (χ1v) is 13.4. The lowest BCUT2D eigenvalue weighted by Gasteiger charge is -2.28. The van der Waals surface area contributed by atoms with Crippen LogP contribution in [0.25, 0.3) is 0 Å². The van der Waals surface area contributed by atoms with Crippen molar-refractivity contribution in [2.24, 2.45) is 11.8 Å². The molecule has 9 heteroatoms. The maximum atomic E-state index is 13.3. The molecule has 1 aliphatic carbocycles. The van der Waals surface area contributed by atoms with Crippen LogP contribution in [0.2, 0.25) is 5.02 Å². The third-order valence-electron chi connectivity index (χ3n) is 7.10. The van der Waals surface area contributed by atoms with E-state index in [4.69, 9.17) is 16.3 Å². The molecule has 3 atom stereocenters. The Morgan fingerprint density at radius 1 is 0.947 bits per heavy atom. The lowest BCUT2D eigenvalue weighted by Crippen LogP contribution is -2.30. The highest BCUT2D eigenvalue weighted by Gasteiger charge is 2.50. The molecule has 1 saturated heterocycles. The van der Waals surface area contributed by atoms with Gasteiger partial charge in [-0.2, -0.15) is 0 Å². The van der Waals surface area contributed by atoms with Gasteiger partial charge in [0.1, 0.15) is 0 Å². The summed E-state index contributed by atoms with van der Waals surface area (Å²) in [4.78, 5) is 52.3. The van der Waals surface area contributed by atoms with Gasteiger partial charge in [0, 0.05) is 4.47 Å². The Balaban J connectivity index is 1.20. The lowest BCUT2D eigenvalue weighted by atomic mass is 9.73. The first-order chi connectivity index (χ1) is 18.3. The molecule has 194 valence electrons. The summed E-state index contributed by atoms with van der Waals surface area (Å²) in [6.45, 7) is -0.498. The number of hydrogen-bond donors (Lipinski definition) is 1. The van der Waals surface area contributed by atoms with Crippen LogP contribution >= 0.6 is 27.5 Å². The van der Waals surface area contributed by atoms with Gasteiger partial charge in [0.05, 0.1) is 33.8 Å². The molecule has 0 bridgehead atoms. The largest absolute Gasteiger partial charge is 0.452 e. The van der Waals surface area contributed by atoms with Crippen molar-refractivity contribution in [3.8, 4) is 0 Å². The predicted octanol–water partition coefficient (Wildman–Crippen LogP) is 5.97. The van der Waals surface area contributed by atoms with E-state index in [1.54, 1.807) is 30.3 Å². The minimum Gasteiger partial charge on any atom is -0.452 e. The molecule has 1 aliphatic heterocycles. The molecule has 3 aromatic rings. The standard InChI is InChI=1S/C29H24BrClN2O5/c30-20-9-13-25(24(31)15-20)32-26(34)16-38-29(37)18-6-10-21(11-7-18)33-27(35)22-12-8-19(14-23(22)28(33)36)17-4-2-1-3-5-17/h1-7,9-11,13,15,19,22-23H,8,12,14,16H2,(H,32,34)/t19-,22-,23+/m1/s1. The minimum absolute atomic E-state index is 0.190. The Labute approximate surface area is 233 Å². The van der Waals surface area contributed by atoms with Crippen LogP contribution in [0.15, 0.2) is 77.3 Å². The van der Waals surface area contributed by atoms with Crippen LogP contribution in [0, 0.1) is 11.8 Å². The van der Waals surface area contributed by atoms with Gasteiger partial charge in [0.15, 0.2) is 6.61 Å². The molecule has 0 aromatic heterocycles. The van der Waals surface area contributed by atoms with Crippen LogP contribution in [0.3, 0.4) is 0 Å².